The van der Waals surface area contributed by atoms with Crippen LogP contribution in [0.15, 0.2) is 30.3 Å². The molecule has 1 unspecified atom stereocenters. The van der Waals surface area contributed by atoms with E-state index in [1.165, 1.54) is 22.3 Å². The fourth-order valence-electron chi connectivity index (χ4n) is 2.99. The summed E-state index contributed by atoms with van der Waals surface area (Å²) in [5.74, 6) is 0. The summed E-state index contributed by atoms with van der Waals surface area (Å²) in [5, 5.41) is 4.27. The first-order valence-corrected chi connectivity index (χ1v) is 7.33. The molecule has 0 aromatic heterocycles. The Labute approximate surface area is 127 Å². The van der Waals surface area contributed by atoms with Gasteiger partial charge in [0.2, 0.25) is 0 Å². The first kappa shape index (κ1) is 15.1. The molecule has 20 heavy (non-hydrogen) atoms. The van der Waals surface area contributed by atoms with Crippen LogP contribution >= 0.6 is 11.6 Å². The Kier molecular flexibility index (Phi) is 4.52. The zero-order valence-corrected chi connectivity index (χ0v) is 13.6. The molecule has 1 N–H and O–H groups in total. The molecule has 2 rings (SSSR count). The van der Waals surface area contributed by atoms with Gasteiger partial charge in [-0.1, -0.05) is 47.5 Å². The lowest BCUT2D eigenvalue weighted by Crippen LogP contribution is -2.20. The molecule has 0 aliphatic carbocycles. The second-order valence-corrected chi connectivity index (χ2v) is 5.89. The van der Waals surface area contributed by atoms with E-state index in [-0.39, 0.29) is 6.04 Å². The Hall–Kier alpha value is -1.31. The Balaban J connectivity index is 2.62. The van der Waals surface area contributed by atoms with Crippen LogP contribution in [-0.4, -0.2) is 7.05 Å². The van der Waals surface area contributed by atoms with Crippen molar-refractivity contribution in [3.63, 3.8) is 0 Å². The van der Waals surface area contributed by atoms with Gasteiger partial charge < -0.3 is 5.32 Å². The van der Waals surface area contributed by atoms with Crippen LogP contribution in [0.5, 0.6) is 0 Å². The predicted molar refractivity (Wildman–Crippen MR) is 87.7 cm³/mol. The van der Waals surface area contributed by atoms with E-state index in [1.807, 2.05) is 20.0 Å². The molecule has 0 spiro atoms. The van der Waals surface area contributed by atoms with E-state index in [1.54, 1.807) is 0 Å². The van der Waals surface area contributed by atoms with Crippen LogP contribution in [-0.2, 0) is 0 Å². The minimum atomic E-state index is 0.128. The number of nitrogens with one attached hydrogen (secondary N) is 1. The molecule has 106 valence electrons. The standard InChI is InChI=1S/C18H22ClN/c1-11-9-13(3)16(14(4)10-11)18(20-5)15-8-6-7-12(2)17(15)19/h6-10,18,20H,1-5H3. The molecule has 1 atom stereocenters. The second-order valence-electron chi connectivity index (χ2n) is 5.51. The van der Waals surface area contributed by atoms with Gasteiger partial charge in [0.05, 0.1) is 6.04 Å². The van der Waals surface area contributed by atoms with Crippen molar-refractivity contribution >= 4 is 11.6 Å². The fourth-order valence-corrected chi connectivity index (χ4v) is 3.23. The molecule has 0 saturated heterocycles. The van der Waals surface area contributed by atoms with Crippen LogP contribution in [0.3, 0.4) is 0 Å². The maximum absolute atomic E-state index is 6.51. The van der Waals surface area contributed by atoms with E-state index in [4.69, 9.17) is 11.6 Å². The highest BCUT2D eigenvalue weighted by molar-refractivity contribution is 6.32. The smallest absolute Gasteiger partial charge is 0.0594 e. The molecule has 2 aromatic carbocycles. The van der Waals surface area contributed by atoms with E-state index >= 15 is 0 Å². The van der Waals surface area contributed by atoms with Gasteiger partial charge in [-0.2, -0.15) is 0 Å². The zero-order valence-electron chi connectivity index (χ0n) is 12.8. The van der Waals surface area contributed by atoms with Crippen molar-refractivity contribution in [1.29, 1.82) is 0 Å². The summed E-state index contributed by atoms with van der Waals surface area (Å²) in [6, 6.07) is 10.8. The van der Waals surface area contributed by atoms with Crippen LogP contribution in [0.4, 0.5) is 0 Å². The van der Waals surface area contributed by atoms with Gasteiger partial charge in [0.15, 0.2) is 0 Å². The maximum Gasteiger partial charge on any atom is 0.0594 e. The van der Waals surface area contributed by atoms with Crippen molar-refractivity contribution in [2.24, 2.45) is 0 Å². The Bertz CT molecular complexity index is 608. The molecular formula is C18H22ClN. The van der Waals surface area contributed by atoms with Crippen LogP contribution in [0.2, 0.25) is 5.02 Å². The average Bonchev–Trinajstić information content (AvgIpc) is 2.37. The quantitative estimate of drug-likeness (QED) is 0.848. The number of hydrogen-bond donors (Lipinski definition) is 1. The van der Waals surface area contributed by atoms with Crippen LogP contribution in [0.1, 0.15) is 39.4 Å². The molecule has 0 radical (unpaired) electrons. The van der Waals surface area contributed by atoms with Gasteiger partial charge >= 0.3 is 0 Å². The van der Waals surface area contributed by atoms with Gasteiger partial charge in [0, 0.05) is 5.02 Å². The lowest BCUT2D eigenvalue weighted by Gasteiger charge is -2.24. The topological polar surface area (TPSA) is 12.0 Å². The largest absolute Gasteiger partial charge is 0.309 e. The minimum absolute atomic E-state index is 0.128. The molecule has 0 heterocycles. The molecule has 0 bridgehead atoms. The maximum atomic E-state index is 6.51. The summed E-state index contributed by atoms with van der Waals surface area (Å²) in [4.78, 5) is 0. The summed E-state index contributed by atoms with van der Waals surface area (Å²) in [6.45, 7) is 8.53. The summed E-state index contributed by atoms with van der Waals surface area (Å²) in [5.41, 5.74) is 7.49. The number of halogens is 1. The van der Waals surface area contributed by atoms with Gasteiger partial charge in [-0.05, 0) is 62.6 Å². The van der Waals surface area contributed by atoms with E-state index < -0.39 is 0 Å². The summed E-state index contributed by atoms with van der Waals surface area (Å²) >= 11 is 6.51. The van der Waals surface area contributed by atoms with E-state index in [0.29, 0.717) is 0 Å². The lowest BCUT2D eigenvalue weighted by molar-refractivity contribution is 0.682. The molecule has 0 aliphatic heterocycles. The van der Waals surface area contributed by atoms with E-state index in [0.717, 1.165) is 16.1 Å². The predicted octanol–water partition coefficient (Wildman–Crippen LogP) is 4.88. The third-order valence-corrected chi connectivity index (χ3v) is 4.36. The molecule has 0 aliphatic rings. The van der Waals surface area contributed by atoms with Crippen molar-refractivity contribution < 1.29 is 0 Å². The normalized spacial score (nSPS) is 12.5. The van der Waals surface area contributed by atoms with Crippen molar-refractivity contribution in [3.05, 3.63) is 68.7 Å². The third-order valence-electron chi connectivity index (χ3n) is 3.85. The van der Waals surface area contributed by atoms with E-state index in [2.05, 4.69) is 50.4 Å². The summed E-state index contributed by atoms with van der Waals surface area (Å²) in [7, 11) is 1.99. The van der Waals surface area contributed by atoms with Gasteiger partial charge in [-0.15, -0.1) is 0 Å². The van der Waals surface area contributed by atoms with Crippen molar-refractivity contribution in [2.75, 3.05) is 7.05 Å². The van der Waals surface area contributed by atoms with Gasteiger partial charge in [-0.25, -0.2) is 0 Å². The Morgan fingerprint density at radius 2 is 1.55 bits per heavy atom. The third kappa shape index (κ3) is 2.74. The van der Waals surface area contributed by atoms with Gasteiger partial charge in [0.25, 0.3) is 0 Å². The van der Waals surface area contributed by atoms with Crippen LogP contribution in [0.25, 0.3) is 0 Å². The highest BCUT2D eigenvalue weighted by atomic mass is 35.5. The Morgan fingerprint density at radius 1 is 0.950 bits per heavy atom. The monoisotopic (exact) mass is 287 g/mol. The van der Waals surface area contributed by atoms with Gasteiger partial charge in [0.1, 0.15) is 0 Å². The highest BCUT2D eigenvalue weighted by Crippen LogP contribution is 2.33. The second kappa shape index (κ2) is 5.99. The number of aryl methyl sites for hydroxylation is 4. The average molecular weight is 288 g/mol. The molecule has 2 heteroatoms. The highest BCUT2D eigenvalue weighted by Gasteiger charge is 2.19. The molecule has 0 saturated carbocycles. The number of hydrogen-bond acceptors (Lipinski definition) is 1. The molecule has 2 aromatic rings. The van der Waals surface area contributed by atoms with Gasteiger partial charge in [-0.3, -0.25) is 0 Å². The minimum Gasteiger partial charge on any atom is -0.309 e. The SMILES string of the molecule is CNC(c1cccc(C)c1Cl)c1c(C)cc(C)cc1C. The molecule has 1 nitrogen and oxygen atoms in total. The summed E-state index contributed by atoms with van der Waals surface area (Å²) < 4.78 is 0. The molecule has 0 fully saturated rings. The first-order valence-electron chi connectivity index (χ1n) is 6.95. The first-order chi connectivity index (χ1) is 9.45. The van der Waals surface area contributed by atoms with Crippen molar-refractivity contribution in [2.45, 2.75) is 33.7 Å². The summed E-state index contributed by atoms with van der Waals surface area (Å²) in [6.07, 6.45) is 0. The number of benzene rings is 2. The zero-order chi connectivity index (χ0) is 14.9. The molecule has 0 amide bonds. The molecular weight excluding hydrogens is 266 g/mol. The fraction of sp³-hybridized carbons (Fsp3) is 0.333. The van der Waals surface area contributed by atoms with Crippen molar-refractivity contribution in [3.8, 4) is 0 Å². The van der Waals surface area contributed by atoms with Crippen LogP contribution in [0, 0.1) is 27.7 Å². The van der Waals surface area contributed by atoms with Crippen molar-refractivity contribution in [1.82, 2.24) is 5.32 Å². The number of rotatable bonds is 3. The van der Waals surface area contributed by atoms with E-state index in [9.17, 15) is 0 Å². The lowest BCUT2D eigenvalue weighted by atomic mass is 9.89. The van der Waals surface area contributed by atoms with Crippen LogP contribution < -0.4 is 5.32 Å². The Morgan fingerprint density at radius 3 is 2.10 bits per heavy atom.